The zero-order valence-electron chi connectivity index (χ0n) is 11.2. The summed E-state index contributed by atoms with van der Waals surface area (Å²) in [6.07, 6.45) is -3.66. The third-order valence-electron chi connectivity index (χ3n) is 2.96. The van der Waals surface area contributed by atoms with Gasteiger partial charge in [-0.05, 0) is 19.1 Å². The molecule has 1 aromatic carbocycles. The van der Waals surface area contributed by atoms with Gasteiger partial charge in [0.25, 0.3) is 5.56 Å². The van der Waals surface area contributed by atoms with Crippen molar-refractivity contribution in [3.05, 3.63) is 46.8 Å². The van der Waals surface area contributed by atoms with E-state index in [4.69, 9.17) is 0 Å². The van der Waals surface area contributed by atoms with Crippen LogP contribution in [0, 0.1) is 6.92 Å². The molecule has 9 heteroatoms. The van der Waals surface area contributed by atoms with E-state index in [1.807, 2.05) is 0 Å². The van der Waals surface area contributed by atoms with Gasteiger partial charge in [0.15, 0.2) is 16.9 Å². The van der Waals surface area contributed by atoms with Crippen molar-refractivity contribution in [2.75, 3.05) is 0 Å². The Balaban J connectivity index is 2.29. The van der Waals surface area contributed by atoms with Crippen LogP contribution in [0.5, 0.6) is 5.75 Å². The van der Waals surface area contributed by atoms with Crippen LogP contribution in [-0.4, -0.2) is 25.9 Å². The van der Waals surface area contributed by atoms with Crippen molar-refractivity contribution in [1.82, 2.24) is 19.5 Å². The van der Waals surface area contributed by atoms with E-state index in [2.05, 4.69) is 19.7 Å². The minimum atomic E-state index is -4.84. The Morgan fingerprint density at radius 1 is 1.27 bits per heavy atom. The molecule has 0 aliphatic carbocycles. The lowest BCUT2D eigenvalue weighted by atomic mass is 10.3. The highest BCUT2D eigenvalue weighted by molar-refractivity contribution is 5.74. The summed E-state index contributed by atoms with van der Waals surface area (Å²) in [5.74, 6) is -0.113. The summed E-state index contributed by atoms with van der Waals surface area (Å²) in [7, 11) is 0. The highest BCUT2D eigenvalue weighted by Crippen LogP contribution is 2.30. The number of aryl methyl sites for hydroxylation is 1. The van der Waals surface area contributed by atoms with Gasteiger partial charge in [-0.3, -0.25) is 9.36 Å². The summed E-state index contributed by atoms with van der Waals surface area (Å²) >= 11 is 0. The van der Waals surface area contributed by atoms with Crippen molar-refractivity contribution in [1.29, 1.82) is 0 Å². The van der Waals surface area contributed by atoms with Crippen molar-refractivity contribution < 1.29 is 17.9 Å². The predicted octanol–water partition coefficient (Wildman–Crippen LogP) is 2.32. The average Bonchev–Trinajstić information content (AvgIpc) is 2.75. The molecule has 0 bridgehead atoms. The predicted molar refractivity (Wildman–Crippen MR) is 70.9 cm³/mol. The lowest BCUT2D eigenvalue weighted by molar-refractivity contribution is -0.274. The molecular formula is C13H9F3N4O2. The van der Waals surface area contributed by atoms with Crippen LogP contribution in [-0.2, 0) is 0 Å². The first kappa shape index (κ1) is 14.1. The smallest absolute Gasteiger partial charge is 0.404 e. The van der Waals surface area contributed by atoms with E-state index in [0.29, 0.717) is 5.82 Å². The minimum Gasteiger partial charge on any atom is -0.404 e. The van der Waals surface area contributed by atoms with E-state index >= 15 is 0 Å². The number of rotatable bonds is 2. The zero-order chi connectivity index (χ0) is 15.9. The number of alkyl halides is 3. The van der Waals surface area contributed by atoms with Gasteiger partial charge in [0, 0.05) is 0 Å². The number of imidazole rings is 1. The SMILES string of the molecule is Cc1nc2nc[nH]c(=O)c2n1-c1ccccc1OC(F)(F)F. The fourth-order valence-electron chi connectivity index (χ4n) is 2.18. The zero-order valence-corrected chi connectivity index (χ0v) is 11.2. The number of nitrogens with zero attached hydrogens (tertiary/aromatic N) is 3. The average molecular weight is 310 g/mol. The highest BCUT2D eigenvalue weighted by Gasteiger charge is 2.32. The largest absolute Gasteiger partial charge is 0.573 e. The number of ether oxygens (including phenoxy) is 1. The number of benzene rings is 1. The van der Waals surface area contributed by atoms with E-state index in [0.717, 1.165) is 0 Å². The maximum Gasteiger partial charge on any atom is 0.573 e. The van der Waals surface area contributed by atoms with E-state index in [9.17, 15) is 18.0 Å². The monoisotopic (exact) mass is 310 g/mol. The molecule has 1 N–H and O–H groups in total. The van der Waals surface area contributed by atoms with Crippen molar-refractivity contribution in [3.63, 3.8) is 0 Å². The second-order valence-electron chi connectivity index (χ2n) is 4.41. The van der Waals surface area contributed by atoms with E-state index in [1.54, 1.807) is 6.92 Å². The molecule has 2 heterocycles. The summed E-state index contributed by atoms with van der Waals surface area (Å²) in [4.78, 5) is 22.3. The van der Waals surface area contributed by atoms with Gasteiger partial charge in [-0.15, -0.1) is 13.2 Å². The molecule has 0 saturated heterocycles. The van der Waals surface area contributed by atoms with Crippen LogP contribution in [0.4, 0.5) is 13.2 Å². The van der Waals surface area contributed by atoms with E-state index in [-0.39, 0.29) is 16.9 Å². The van der Waals surface area contributed by atoms with E-state index < -0.39 is 17.7 Å². The summed E-state index contributed by atoms with van der Waals surface area (Å²) in [6.45, 7) is 1.56. The Bertz CT molecular complexity index is 898. The second-order valence-corrected chi connectivity index (χ2v) is 4.41. The molecule has 2 aromatic heterocycles. The van der Waals surface area contributed by atoms with Crippen molar-refractivity contribution in [2.24, 2.45) is 0 Å². The number of fused-ring (bicyclic) bond motifs is 1. The molecule has 0 saturated carbocycles. The number of halogens is 3. The molecular weight excluding hydrogens is 301 g/mol. The Morgan fingerprint density at radius 2 is 2.00 bits per heavy atom. The molecule has 0 aliphatic rings. The number of aromatic amines is 1. The standard InChI is InChI=1S/C13H9F3N4O2/c1-7-19-11-10(12(21)18-6-17-11)20(7)8-4-2-3-5-9(8)22-13(14,15)16/h2-6H,1H3,(H,17,18,21). The number of H-pyrrole nitrogens is 1. The maximum absolute atomic E-state index is 12.5. The highest BCUT2D eigenvalue weighted by atomic mass is 19.4. The molecule has 0 fully saturated rings. The second kappa shape index (κ2) is 4.86. The summed E-state index contributed by atoms with van der Waals surface area (Å²) in [6, 6.07) is 5.51. The van der Waals surface area contributed by atoms with Gasteiger partial charge in [0.1, 0.15) is 5.82 Å². The van der Waals surface area contributed by atoms with Crippen molar-refractivity contribution in [2.45, 2.75) is 13.3 Å². The molecule has 0 atom stereocenters. The molecule has 3 rings (SSSR count). The third kappa shape index (κ3) is 2.41. The van der Waals surface area contributed by atoms with Crippen LogP contribution >= 0.6 is 0 Å². The van der Waals surface area contributed by atoms with Gasteiger partial charge < -0.3 is 9.72 Å². The number of para-hydroxylation sites is 2. The molecule has 3 aromatic rings. The van der Waals surface area contributed by atoms with Crippen LogP contribution in [0.3, 0.4) is 0 Å². The molecule has 114 valence electrons. The van der Waals surface area contributed by atoms with Crippen molar-refractivity contribution in [3.8, 4) is 11.4 Å². The Kier molecular flexibility index (Phi) is 3.12. The Labute approximate surface area is 121 Å². The van der Waals surface area contributed by atoms with Gasteiger partial charge in [-0.1, -0.05) is 12.1 Å². The number of nitrogens with one attached hydrogen (secondary N) is 1. The van der Waals surface area contributed by atoms with E-state index in [1.165, 1.54) is 35.2 Å². The van der Waals surface area contributed by atoms with Crippen molar-refractivity contribution >= 4 is 11.2 Å². The number of hydrogen-bond donors (Lipinski definition) is 1. The minimum absolute atomic E-state index is 0.0539. The first-order valence-electron chi connectivity index (χ1n) is 6.15. The number of aromatic nitrogens is 4. The molecule has 0 radical (unpaired) electrons. The fourth-order valence-corrected chi connectivity index (χ4v) is 2.18. The molecule has 6 nitrogen and oxygen atoms in total. The first-order chi connectivity index (χ1) is 10.4. The van der Waals surface area contributed by atoms with Gasteiger partial charge in [-0.25, -0.2) is 9.97 Å². The van der Waals surface area contributed by atoms with Gasteiger partial charge in [-0.2, -0.15) is 0 Å². The lowest BCUT2D eigenvalue weighted by Crippen LogP contribution is -2.19. The van der Waals surface area contributed by atoms with Gasteiger partial charge in [0.2, 0.25) is 0 Å². The molecule has 0 spiro atoms. The Hall–Kier alpha value is -2.84. The van der Waals surface area contributed by atoms with Gasteiger partial charge >= 0.3 is 6.36 Å². The maximum atomic E-state index is 12.5. The molecule has 0 amide bonds. The van der Waals surface area contributed by atoms with Crippen LogP contribution < -0.4 is 10.3 Å². The third-order valence-corrected chi connectivity index (χ3v) is 2.96. The van der Waals surface area contributed by atoms with Crippen LogP contribution in [0.2, 0.25) is 0 Å². The fraction of sp³-hybridized carbons (Fsp3) is 0.154. The van der Waals surface area contributed by atoms with Crippen LogP contribution in [0.25, 0.3) is 16.9 Å². The summed E-state index contributed by atoms with van der Waals surface area (Å²) in [5.41, 5.74) is -0.257. The normalized spacial score (nSPS) is 11.8. The molecule has 22 heavy (non-hydrogen) atoms. The van der Waals surface area contributed by atoms with Crippen LogP contribution in [0.15, 0.2) is 35.4 Å². The summed E-state index contributed by atoms with van der Waals surface area (Å²) in [5, 5.41) is 0. The topological polar surface area (TPSA) is 72.8 Å². The summed E-state index contributed by atoms with van der Waals surface area (Å²) < 4.78 is 42.9. The quantitative estimate of drug-likeness (QED) is 0.788. The lowest BCUT2D eigenvalue weighted by Gasteiger charge is -2.14. The van der Waals surface area contributed by atoms with Gasteiger partial charge in [0.05, 0.1) is 12.0 Å². The first-order valence-corrected chi connectivity index (χ1v) is 6.15. The number of hydrogen-bond acceptors (Lipinski definition) is 4. The molecule has 0 unspecified atom stereocenters. The molecule has 0 aliphatic heterocycles. The Morgan fingerprint density at radius 3 is 2.73 bits per heavy atom. The van der Waals surface area contributed by atoms with Crippen LogP contribution in [0.1, 0.15) is 5.82 Å².